The molecule has 2 aromatic rings. The van der Waals surface area contributed by atoms with E-state index in [1.807, 2.05) is 34.7 Å². The van der Waals surface area contributed by atoms with E-state index in [0.717, 1.165) is 5.65 Å². The molecule has 1 unspecified atom stereocenters. The number of rotatable bonds is 2. The molecule has 2 nitrogen and oxygen atoms in total. The van der Waals surface area contributed by atoms with Crippen LogP contribution in [0.25, 0.3) is 11.0 Å². The highest BCUT2D eigenvalue weighted by atomic mass is 127. The molecule has 1 atom stereocenters. The van der Waals surface area contributed by atoms with Crippen molar-refractivity contribution in [2.24, 2.45) is 0 Å². The van der Waals surface area contributed by atoms with Crippen LogP contribution in [-0.2, 0) is 0 Å². The zero-order valence-corrected chi connectivity index (χ0v) is 15.3. The van der Waals surface area contributed by atoms with Crippen molar-refractivity contribution >= 4 is 61.6 Å². The van der Waals surface area contributed by atoms with Crippen molar-refractivity contribution < 1.29 is 0 Å². The molecule has 17 heavy (non-hydrogen) atoms. The number of hydrogen-bond acceptors (Lipinski definition) is 2. The Labute approximate surface area is 128 Å². The van der Waals surface area contributed by atoms with E-state index in [1.165, 1.54) is 10.9 Å². The molecule has 2 rings (SSSR count). The zero-order valence-electron chi connectivity index (χ0n) is 10.4. The summed E-state index contributed by atoms with van der Waals surface area (Å²) >= 11 is 2.36. The van der Waals surface area contributed by atoms with Crippen LogP contribution < -0.4 is 0 Å². The van der Waals surface area contributed by atoms with Crippen molar-refractivity contribution in [3.8, 4) is 0 Å². The predicted molar refractivity (Wildman–Crippen MR) is 96.1 cm³/mol. The van der Waals surface area contributed by atoms with Gasteiger partial charge in [0.1, 0.15) is 5.65 Å². The molecule has 0 spiro atoms. The van der Waals surface area contributed by atoms with E-state index in [9.17, 15) is 0 Å². The van der Waals surface area contributed by atoms with Crippen molar-refractivity contribution in [3.05, 3.63) is 30.1 Å². The smallest absolute Gasteiger partial charge is 0.144 e. The Balaban J connectivity index is 0.000000811. The van der Waals surface area contributed by atoms with Crippen LogP contribution in [0.15, 0.2) is 24.5 Å². The van der Waals surface area contributed by atoms with E-state index in [2.05, 4.69) is 56.4 Å². The Kier molecular flexibility index (Phi) is 8.90. The highest BCUT2D eigenvalue weighted by Crippen LogP contribution is 2.53. The Morgan fingerprint density at radius 3 is 2.65 bits per heavy atom. The molecule has 0 bridgehead atoms. The highest BCUT2D eigenvalue weighted by Gasteiger charge is 2.10. The van der Waals surface area contributed by atoms with E-state index in [1.54, 1.807) is 0 Å². The Hall–Kier alpha value is 0.550. The number of halogens is 1. The van der Waals surface area contributed by atoms with Crippen molar-refractivity contribution in [2.45, 2.75) is 20.8 Å². The SMILES string of the molecule is CC.Cc1cn(P(C)SI)c2ncccc12.S. The van der Waals surface area contributed by atoms with Gasteiger partial charge in [-0.3, -0.25) is 0 Å². The summed E-state index contributed by atoms with van der Waals surface area (Å²) in [5, 5.41) is 1.27. The highest BCUT2D eigenvalue weighted by molar-refractivity contribution is 14.2. The zero-order chi connectivity index (χ0) is 12.1. The third-order valence-electron chi connectivity index (χ3n) is 2.15. The number of aryl methyl sites for hydroxylation is 1. The van der Waals surface area contributed by atoms with Gasteiger partial charge in [-0.25, -0.2) is 4.98 Å². The van der Waals surface area contributed by atoms with E-state index < -0.39 is 0 Å². The van der Waals surface area contributed by atoms with Gasteiger partial charge in [0.25, 0.3) is 0 Å². The molecule has 2 aromatic heterocycles. The standard InChI is InChI=1S/C9H10IN2PS.C2H6.H2S/c1-7-6-12(13(2)14-10)9-8(7)4-3-5-11-9;1-2;/h3-6H,1-2H3;1-2H3;1H2. The molecule has 96 valence electrons. The first-order chi connectivity index (χ1) is 7.74. The fourth-order valence-electron chi connectivity index (χ4n) is 1.45. The fraction of sp³-hybridized carbons (Fsp3) is 0.364. The molecule has 0 N–H and O–H groups in total. The number of fused-ring (bicyclic) bond motifs is 1. The van der Waals surface area contributed by atoms with Gasteiger partial charge in [0.2, 0.25) is 0 Å². The van der Waals surface area contributed by atoms with Crippen LogP contribution >= 0.6 is 50.5 Å². The van der Waals surface area contributed by atoms with Crippen molar-refractivity contribution in [1.29, 1.82) is 0 Å². The van der Waals surface area contributed by atoms with Crippen molar-refractivity contribution in [1.82, 2.24) is 9.32 Å². The minimum Gasteiger partial charge on any atom is -0.301 e. The van der Waals surface area contributed by atoms with Crippen molar-refractivity contribution in [3.63, 3.8) is 0 Å². The van der Waals surface area contributed by atoms with Gasteiger partial charge in [-0.15, -0.1) is 0 Å². The number of nitrogens with zero attached hydrogens (tertiary/aromatic N) is 2. The average molecular weight is 400 g/mol. The Bertz CT molecular complexity index is 462. The molecule has 0 saturated heterocycles. The van der Waals surface area contributed by atoms with Gasteiger partial charge < -0.3 is 4.34 Å². The maximum Gasteiger partial charge on any atom is 0.144 e. The van der Waals surface area contributed by atoms with Gasteiger partial charge in [-0.1, -0.05) is 13.8 Å². The summed E-state index contributed by atoms with van der Waals surface area (Å²) in [6.07, 6.45) is 4.06. The molecule has 0 aliphatic rings. The molecule has 0 amide bonds. The maximum atomic E-state index is 4.43. The van der Waals surface area contributed by atoms with Gasteiger partial charge in [-0.2, -0.15) is 13.5 Å². The van der Waals surface area contributed by atoms with Crippen LogP contribution in [0.4, 0.5) is 0 Å². The van der Waals surface area contributed by atoms with Gasteiger partial charge >= 0.3 is 0 Å². The van der Waals surface area contributed by atoms with E-state index in [-0.39, 0.29) is 20.8 Å². The monoisotopic (exact) mass is 400 g/mol. The molecule has 0 radical (unpaired) electrons. The van der Waals surface area contributed by atoms with Crippen LogP contribution in [0.1, 0.15) is 19.4 Å². The minimum atomic E-state index is -0.195. The van der Waals surface area contributed by atoms with Crippen LogP contribution in [0.3, 0.4) is 0 Å². The molecule has 0 saturated carbocycles. The summed E-state index contributed by atoms with van der Waals surface area (Å²) in [5.74, 6) is 0. The number of hydrogen-bond donors (Lipinski definition) is 0. The first-order valence-corrected chi connectivity index (χ1v) is 10.9. The molecule has 0 aliphatic heterocycles. The summed E-state index contributed by atoms with van der Waals surface area (Å²) in [6.45, 7) is 8.39. The minimum absolute atomic E-state index is 0. The maximum absolute atomic E-state index is 4.43. The fourth-order valence-corrected chi connectivity index (χ4v) is 4.56. The Morgan fingerprint density at radius 2 is 2.06 bits per heavy atom. The third kappa shape index (κ3) is 4.01. The molecule has 0 fully saturated rings. The second-order valence-electron chi connectivity index (χ2n) is 3.06. The van der Waals surface area contributed by atoms with E-state index >= 15 is 0 Å². The molecule has 0 aliphatic carbocycles. The van der Waals surface area contributed by atoms with Crippen LogP contribution in [-0.4, -0.2) is 16.0 Å². The lowest BCUT2D eigenvalue weighted by atomic mass is 10.2. The van der Waals surface area contributed by atoms with E-state index in [0.29, 0.717) is 0 Å². The molecule has 2 heterocycles. The van der Waals surface area contributed by atoms with E-state index in [4.69, 9.17) is 0 Å². The Morgan fingerprint density at radius 1 is 1.41 bits per heavy atom. The van der Waals surface area contributed by atoms with Crippen molar-refractivity contribution in [2.75, 3.05) is 6.66 Å². The third-order valence-corrected chi connectivity index (χ3v) is 9.52. The first-order valence-electron chi connectivity index (χ1n) is 5.19. The van der Waals surface area contributed by atoms with Crippen LogP contribution in [0, 0.1) is 6.92 Å². The second kappa shape index (κ2) is 8.62. The van der Waals surface area contributed by atoms with Gasteiger partial charge in [0, 0.05) is 39.0 Å². The molecule has 6 heteroatoms. The van der Waals surface area contributed by atoms with Crippen LogP contribution in [0.2, 0.25) is 0 Å². The van der Waals surface area contributed by atoms with Gasteiger partial charge in [0.15, 0.2) is 0 Å². The van der Waals surface area contributed by atoms with Crippen LogP contribution in [0.5, 0.6) is 0 Å². The largest absolute Gasteiger partial charge is 0.301 e. The number of aromatic nitrogens is 2. The topological polar surface area (TPSA) is 17.8 Å². The predicted octanol–water partition coefficient (Wildman–Crippen LogP) is 5.36. The average Bonchev–Trinajstić information content (AvgIpc) is 2.69. The lowest BCUT2D eigenvalue weighted by Crippen LogP contribution is -1.86. The van der Waals surface area contributed by atoms with Gasteiger partial charge in [-0.05, 0) is 39.8 Å². The molecular formula is C11H18IN2PS2. The summed E-state index contributed by atoms with van der Waals surface area (Å²) in [5.41, 5.74) is 2.43. The lowest BCUT2D eigenvalue weighted by molar-refractivity contribution is 1.24. The summed E-state index contributed by atoms with van der Waals surface area (Å²) in [6, 6.07) is 4.13. The van der Waals surface area contributed by atoms with Gasteiger partial charge in [0.05, 0.1) is 7.27 Å². The summed E-state index contributed by atoms with van der Waals surface area (Å²) in [7, 11) is 1.67. The second-order valence-corrected chi connectivity index (χ2v) is 10.1. The lowest BCUT2D eigenvalue weighted by Gasteiger charge is -2.09. The summed E-state index contributed by atoms with van der Waals surface area (Å²) < 4.78 is 2.29. The normalized spacial score (nSPS) is 11.4. The molecule has 0 aromatic carbocycles. The molecular weight excluding hydrogens is 382 g/mol. The number of pyridine rings is 1. The quantitative estimate of drug-likeness (QED) is 0.499. The summed E-state index contributed by atoms with van der Waals surface area (Å²) in [4.78, 5) is 4.43. The first kappa shape index (κ1) is 17.6.